The monoisotopic (exact) mass is 261 g/mol. The Bertz CT molecular complexity index is 349. The minimum Gasteiger partial charge on any atom is -0.356 e. The lowest BCUT2D eigenvalue weighted by atomic mass is 10.0. The third-order valence-corrected chi connectivity index (χ3v) is 4.87. The van der Waals surface area contributed by atoms with E-state index in [4.69, 9.17) is 0 Å². The molecule has 1 heterocycles. The molecule has 0 radical (unpaired) electrons. The molecule has 100 valence electrons. The average Bonchev–Trinajstić information content (AvgIpc) is 2.52. The van der Waals surface area contributed by atoms with Crippen LogP contribution in [0, 0.1) is 11.8 Å². The Morgan fingerprint density at radius 3 is 2.65 bits per heavy atom. The molecule has 4 nitrogen and oxygen atoms in total. The molecule has 1 aliphatic rings. The Balaban J connectivity index is 2.07. The van der Waals surface area contributed by atoms with Gasteiger partial charge in [-0.1, -0.05) is 13.8 Å². The predicted octanol–water partition coefficient (Wildman–Crippen LogP) is 1.36. The van der Waals surface area contributed by atoms with Gasteiger partial charge in [0.25, 0.3) is 0 Å². The molecule has 0 aromatic rings. The number of carbonyl (C=O) groups excluding carboxylic acids is 1. The number of nitrogens with one attached hydrogen (secondary N) is 1. The molecule has 0 aromatic carbocycles. The summed E-state index contributed by atoms with van der Waals surface area (Å²) >= 11 is 0. The molecule has 1 fully saturated rings. The summed E-state index contributed by atoms with van der Waals surface area (Å²) in [6, 6.07) is 0. The van der Waals surface area contributed by atoms with Crippen LogP contribution in [0.4, 0.5) is 0 Å². The highest BCUT2D eigenvalue weighted by atomic mass is 32.2. The van der Waals surface area contributed by atoms with Gasteiger partial charge in [-0.15, -0.1) is 0 Å². The van der Waals surface area contributed by atoms with Gasteiger partial charge in [0.1, 0.15) is 0 Å². The summed E-state index contributed by atoms with van der Waals surface area (Å²) < 4.78 is 22.5. The number of hydrogen-bond donors (Lipinski definition) is 1. The molecule has 0 aromatic heterocycles. The zero-order valence-electron chi connectivity index (χ0n) is 10.7. The van der Waals surface area contributed by atoms with Crippen LogP contribution in [0.1, 0.15) is 39.5 Å². The fourth-order valence-electron chi connectivity index (χ4n) is 2.16. The van der Waals surface area contributed by atoms with Crippen molar-refractivity contribution in [1.29, 1.82) is 0 Å². The second-order valence-electron chi connectivity index (χ2n) is 5.36. The summed E-state index contributed by atoms with van der Waals surface area (Å²) in [5.41, 5.74) is 0. The zero-order valence-corrected chi connectivity index (χ0v) is 11.6. The van der Waals surface area contributed by atoms with E-state index >= 15 is 0 Å². The summed E-state index contributed by atoms with van der Waals surface area (Å²) in [5.74, 6) is 1.47. The molecule has 17 heavy (non-hydrogen) atoms. The molecule has 1 unspecified atom stereocenters. The van der Waals surface area contributed by atoms with E-state index in [1.165, 1.54) is 0 Å². The Kier molecular flexibility index (Phi) is 5.43. The lowest BCUT2D eigenvalue weighted by molar-refractivity contribution is -0.121. The molecule has 1 rings (SSSR count). The van der Waals surface area contributed by atoms with E-state index in [0.29, 0.717) is 36.3 Å². The third-order valence-electron chi connectivity index (χ3n) is 3.03. The van der Waals surface area contributed by atoms with Crippen molar-refractivity contribution in [2.75, 3.05) is 18.1 Å². The third kappa shape index (κ3) is 6.05. The standard InChI is InChI=1S/C12H23NO3S/c1-10(2)8-12(14)13-6-3-4-11-5-7-17(15,16)9-11/h10-11H,3-9H2,1-2H3,(H,13,14). The average molecular weight is 261 g/mol. The maximum Gasteiger partial charge on any atom is 0.220 e. The highest BCUT2D eigenvalue weighted by molar-refractivity contribution is 7.91. The molecule has 0 saturated carbocycles. The first-order chi connectivity index (χ1) is 7.89. The first kappa shape index (κ1) is 14.5. The maximum atomic E-state index is 11.3. The van der Waals surface area contributed by atoms with E-state index in [2.05, 4.69) is 5.32 Å². The van der Waals surface area contributed by atoms with Crippen LogP contribution < -0.4 is 5.32 Å². The van der Waals surface area contributed by atoms with E-state index in [-0.39, 0.29) is 5.91 Å². The van der Waals surface area contributed by atoms with Crippen molar-refractivity contribution in [3.8, 4) is 0 Å². The topological polar surface area (TPSA) is 63.2 Å². The van der Waals surface area contributed by atoms with E-state index in [1.54, 1.807) is 0 Å². The number of rotatable bonds is 6. The minimum absolute atomic E-state index is 0.0963. The lowest BCUT2D eigenvalue weighted by Crippen LogP contribution is -2.25. The van der Waals surface area contributed by atoms with Gasteiger partial charge in [0.2, 0.25) is 5.91 Å². The summed E-state index contributed by atoms with van der Waals surface area (Å²) in [6.07, 6.45) is 3.14. The number of hydrogen-bond acceptors (Lipinski definition) is 3. The predicted molar refractivity (Wildman–Crippen MR) is 68.5 cm³/mol. The molecular formula is C12H23NO3S. The van der Waals surface area contributed by atoms with Crippen LogP contribution in [0.2, 0.25) is 0 Å². The zero-order chi connectivity index (χ0) is 12.9. The molecule has 1 saturated heterocycles. The van der Waals surface area contributed by atoms with E-state index < -0.39 is 9.84 Å². The van der Waals surface area contributed by atoms with Gasteiger partial charge in [0, 0.05) is 13.0 Å². The molecule has 0 aliphatic carbocycles. The summed E-state index contributed by atoms with van der Waals surface area (Å²) in [6.45, 7) is 4.70. The van der Waals surface area contributed by atoms with Crippen LogP contribution in [-0.2, 0) is 14.6 Å². The molecule has 5 heteroatoms. The van der Waals surface area contributed by atoms with E-state index in [0.717, 1.165) is 19.3 Å². The second kappa shape index (κ2) is 6.38. The van der Waals surface area contributed by atoms with Crippen LogP contribution in [0.3, 0.4) is 0 Å². The van der Waals surface area contributed by atoms with Gasteiger partial charge in [0.15, 0.2) is 9.84 Å². The lowest BCUT2D eigenvalue weighted by Gasteiger charge is -2.09. The van der Waals surface area contributed by atoms with Crippen molar-refractivity contribution in [1.82, 2.24) is 5.32 Å². The molecule has 1 aliphatic heterocycles. The smallest absolute Gasteiger partial charge is 0.220 e. The Hall–Kier alpha value is -0.580. The Morgan fingerprint density at radius 1 is 1.41 bits per heavy atom. The van der Waals surface area contributed by atoms with Crippen LogP contribution >= 0.6 is 0 Å². The quantitative estimate of drug-likeness (QED) is 0.734. The number of carbonyl (C=O) groups is 1. The molecule has 1 amide bonds. The summed E-state index contributed by atoms with van der Waals surface area (Å²) in [4.78, 5) is 11.3. The molecule has 0 bridgehead atoms. The number of sulfone groups is 1. The van der Waals surface area contributed by atoms with Gasteiger partial charge in [-0.2, -0.15) is 0 Å². The van der Waals surface area contributed by atoms with Crippen LogP contribution in [0.15, 0.2) is 0 Å². The SMILES string of the molecule is CC(C)CC(=O)NCCCC1CCS(=O)(=O)C1. The van der Waals surface area contributed by atoms with Crippen molar-refractivity contribution in [3.05, 3.63) is 0 Å². The van der Waals surface area contributed by atoms with Gasteiger partial charge < -0.3 is 5.32 Å². The maximum absolute atomic E-state index is 11.3. The largest absolute Gasteiger partial charge is 0.356 e. The van der Waals surface area contributed by atoms with Gasteiger partial charge in [-0.05, 0) is 31.1 Å². The van der Waals surface area contributed by atoms with Gasteiger partial charge in [-0.3, -0.25) is 4.79 Å². The number of amides is 1. The molecular weight excluding hydrogens is 238 g/mol. The summed E-state index contributed by atoms with van der Waals surface area (Å²) in [7, 11) is -2.75. The second-order valence-corrected chi connectivity index (χ2v) is 7.59. The fourth-order valence-corrected chi connectivity index (χ4v) is 4.07. The van der Waals surface area contributed by atoms with Crippen molar-refractivity contribution < 1.29 is 13.2 Å². The van der Waals surface area contributed by atoms with Crippen LogP contribution in [-0.4, -0.2) is 32.4 Å². The van der Waals surface area contributed by atoms with E-state index in [9.17, 15) is 13.2 Å². The van der Waals surface area contributed by atoms with Crippen LogP contribution in [0.5, 0.6) is 0 Å². The normalized spacial score (nSPS) is 22.9. The van der Waals surface area contributed by atoms with Crippen LogP contribution in [0.25, 0.3) is 0 Å². The Morgan fingerprint density at radius 2 is 2.12 bits per heavy atom. The first-order valence-corrected chi connectivity index (χ1v) is 8.18. The van der Waals surface area contributed by atoms with Gasteiger partial charge >= 0.3 is 0 Å². The van der Waals surface area contributed by atoms with Gasteiger partial charge in [0.05, 0.1) is 11.5 Å². The van der Waals surface area contributed by atoms with Crippen molar-refractivity contribution in [2.24, 2.45) is 11.8 Å². The fraction of sp³-hybridized carbons (Fsp3) is 0.917. The molecule has 1 atom stereocenters. The van der Waals surface area contributed by atoms with Crippen molar-refractivity contribution >= 4 is 15.7 Å². The first-order valence-electron chi connectivity index (χ1n) is 6.36. The molecule has 0 spiro atoms. The highest BCUT2D eigenvalue weighted by Gasteiger charge is 2.27. The minimum atomic E-state index is -2.75. The summed E-state index contributed by atoms with van der Waals surface area (Å²) in [5, 5.41) is 2.87. The van der Waals surface area contributed by atoms with E-state index in [1.807, 2.05) is 13.8 Å². The van der Waals surface area contributed by atoms with Gasteiger partial charge in [-0.25, -0.2) is 8.42 Å². The van der Waals surface area contributed by atoms with Crippen molar-refractivity contribution in [2.45, 2.75) is 39.5 Å². The van der Waals surface area contributed by atoms with Crippen molar-refractivity contribution in [3.63, 3.8) is 0 Å². The molecule has 1 N–H and O–H groups in total. The Labute approximate surface area is 104 Å². The highest BCUT2D eigenvalue weighted by Crippen LogP contribution is 2.22.